The van der Waals surface area contributed by atoms with Gasteiger partial charge in [-0.3, -0.25) is 0 Å². The minimum absolute atomic E-state index is 0.566. The fourth-order valence-electron chi connectivity index (χ4n) is 1.27. The van der Waals surface area contributed by atoms with Crippen LogP contribution in [0.3, 0.4) is 0 Å². The number of hydrogen-bond donors (Lipinski definition) is 1. The Morgan fingerprint density at radius 3 is 2.82 bits per heavy atom. The number of hydrogen-bond acceptors (Lipinski definition) is 4. The average molecular weight is 311 g/mol. The van der Waals surface area contributed by atoms with Crippen LogP contribution in [0.25, 0.3) is 0 Å². The predicted octanol–water partition coefficient (Wildman–Crippen LogP) is 3.59. The topological polar surface area (TPSA) is 48.1 Å². The molecule has 0 spiro atoms. The molecular formula is C12H11BrN2OS. The van der Waals surface area contributed by atoms with E-state index in [4.69, 9.17) is 10.5 Å². The van der Waals surface area contributed by atoms with Crippen LogP contribution in [-0.2, 0) is 0 Å². The molecule has 0 amide bonds. The van der Waals surface area contributed by atoms with Crippen LogP contribution in [0.1, 0.15) is 0 Å². The smallest absolute Gasteiger partial charge is 0.214 e. The van der Waals surface area contributed by atoms with Crippen molar-refractivity contribution < 1.29 is 4.74 Å². The Kier molecular flexibility index (Phi) is 3.91. The van der Waals surface area contributed by atoms with Gasteiger partial charge in [-0.25, -0.2) is 4.98 Å². The number of anilines is 1. The van der Waals surface area contributed by atoms with E-state index in [0.717, 1.165) is 14.4 Å². The largest absolute Gasteiger partial charge is 0.481 e. The molecule has 17 heavy (non-hydrogen) atoms. The van der Waals surface area contributed by atoms with Crippen molar-refractivity contribution >= 4 is 33.4 Å². The minimum atomic E-state index is 0.566. The van der Waals surface area contributed by atoms with Gasteiger partial charge in [0.15, 0.2) is 0 Å². The molecule has 0 fully saturated rings. The van der Waals surface area contributed by atoms with Crippen molar-refractivity contribution in [2.24, 2.45) is 0 Å². The van der Waals surface area contributed by atoms with Crippen LogP contribution in [0.2, 0.25) is 0 Å². The second kappa shape index (κ2) is 5.42. The number of benzene rings is 1. The Balaban J connectivity index is 2.29. The lowest BCUT2D eigenvalue weighted by atomic mass is 10.4. The van der Waals surface area contributed by atoms with Crippen molar-refractivity contribution in [3.05, 3.63) is 40.9 Å². The first-order valence-electron chi connectivity index (χ1n) is 4.93. The van der Waals surface area contributed by atoms with Gasteiger partial charge in [-0.05, 0) is 24.3 Å². The predicted molar refractivity (Wildman–Crippen MR) is 73.5 cm³/mol. The van der Waals surface area contributed by atoms with Crippen molar-refractivity contribution in [3.8, 4) is 5.88 Å². The highest BCUT2D eigenvalue weighted by atomic mass is 79.9. The quantitative estimate of drug-likeness (QED) is 0.941. The molecule has 0 saturated heterocycles. The van der Waals surface area contributed by atoms with Gasteiger partial charge >= 0.3 is 0 Å². The molecule has 0 saturated carbocycles. The van der Waals surface area contributed by atoms with E-state index in [0.29, 0.717) is 11.6 Å². The molecular weight excluding hydrogens is 300 g/mol. The third kappa shape index (κ3) is 3.14. The molecule has 0 aliphatic rings. The maximum Gasteiger partial charge on any atom is 0.214 e. The van der Waals surface area contributed by atoms with Crippen molar-refractivity contribution in [2.75, 3.05) is 12.8 Å². The van der Waals surface area contributed by atoms with Gasteiger partial charge in [0.25, 0.3) is 0 Å². The molecule has 3 nitrogen and oxygen atoms in total. The van der Waals surface area contributed by atoms with Crippen molar-refractivity contribution in [1.29, 1.82) is 0 Å². The fourth-order valence-corrected chi connectivity index (χ4v) is 2.70. The number of nitrogens with two attached hydrogens (primary N) is 1. The molecule has 88 valence electrons. The summed E-state index contributed by atoms with van der Waals surface area (Å²) in [6, 6.07) is 11.5. The van der Waals surface area contributed by atoms with E-state index in [2.05, 4.69) is 20.9 Å². The number of nitrogens with zero attached hydrogens (tertiary/aromatic N) is 1. The third-order valence-corrected chi connectivity index (χ3v) is 3.59. The summed E-state index contributed by atoms with van der Waals surface area (Å²) < 4.78 is 6.11. The van der Waals surface area contributed by atoms with Crippen LogP contribution < -0.4 is 10.5 Å². The van der Waals surface area contributed by atoms with Crippen molar-refractivity contribution in [1.82, 2.24) is 4.98 Å². The van der Waals surface area contributed by atoms with Crippen LogP contribution in [-0.4, -0.2) is 12.1 Å². The zero-order valence-electron chi connectivity index (χ0n) is 9.18. The monoisotopic (exact) mass is 310 g/mol. The lowest BCUT2D eigenvalue weighted by Crippen LogP contribution is -1.94. The third-order valence-electron chi connectivity index (χ3n) is 2.08. The molecule has 0 atom stereocenters. The van der Waals surface area contributed by atoms with Gasteiger partial charge in [0.2, 0.25) is 5.88 Å². The van der Waals surface area contributed by atoms with Crippen LogP contribution in [0.15, 0.2) is 50.8 Å². The molecule has 2 aromatic rings. The molecule has 0 aliphatic carbocycles. The minimum Gasteiger partial charge on any atom is -0.481 e. The fraction of sp³-hybridized carbons (Fsp3) is 0.0833. The van der Waals surface area contributed by atoms with Gasteiger partial charge in [0.05, 0.1) is 12.8 Å². The van der Waals surface area contributed by atoms with Crippen molar-refractivity contribution in [3.63, 3.8) is 0 Å². The number of ether oxygens (including phenoxy) is 1. The summed E-state index contributed by atoms with van der Waals surface area (Å²) in [6.45, 7) is 0. The van der Waals surface area contributed by atoms with Crippen LogP contribution in [0, 0.1) is 0 Å². The number of rotatable bonds is 3. The Labute approximate surface area is 113 Å². The molecule has 1 heterocycles. The zero-order chi connectivity index (χ0) is 12.3. The van der Waals surface area contributed by atoms with E-state index in [1.807, 2.05) is 24.3 Å². The van der Waals surface area contributed by atoms with Gasteiger partial charge in [-0.15, -0.1) is 0 Å². The second-order valence-corrected chi connectivity index (χ2v) is 5.29. The summed E-state index contributed by atoms with van der Waals surface area (Å²) >= 11 is 4.94. The molecule has 2 N–H and O–H groups in total. The molecule has 0 unspecified atom stereocenters. The molecule has 2 rings (SSSR count). The van der Waals surface area contributed by atoms with E-state index < -0.39 is 0 Å². The summed E-state index contributed by atoms with van der Waals surface area (Å²) in [6.07, 6.45) is 0. The lowest BCUT2D eigenvalue weighted by molar-refractivity contribution is 0.395. The first-order chi connectivity index (χ1) is 8.19. The number of halogens is 1. The maximum atomic E-state index is 5.88. The van der Waals surface area contributed by atoms with Gasteiger partial charge in [-0.1, -0.05) is 33.8 Å². The maximum absolute atomic E-state index is 5.88. The molecule has 1 aromatic carbocycles. The Morgan fingerprint density at radius 1 is 1.29 bits per heavy atom. The lowest BCUT2D eigenvalue weighted by Gasteiger charge is -2.06. The van der Waals surface area contributed by atoms with E-state index in [1.54, 1.807) is 19.2 Å². The highest BCUT2D eigenvalue weighted by molar-refractivity contribution is 9.10. The summed E-state index contributed by atoms with van der Waals surface area (Å²) in [5.74, 6) is 0.566. The Morgan fingerprint density at radius 2 is 2.12 bits per heavy atom. The molecule has 1 aromatic heterocycles. The van der Waals surface area contributed by atoms with E-state index in [-0.39, 0.29) is 0 Å². The number of methoxy groups -OCH3 is 1. The van der Waals surface area contributed by atoms with Crippen LogP contribution >= 0.6 is 27.7 Å². The normalized spacial score (nSPS) is 10.2. The number of pyridine rings is 1. The van der Waals surface area contributed by atoms with Crippen LogP contribution in [0.4, 0.5) is 5.69 Å². The number of nitrogen functional groups attached to an aromatic ring is 1. The van der Waals surface area contributed by atoms with E-state index >= 15 is 0 Å². The van der Waals surface area contributed by atoms with E-state index in [1.165, 1.54) is 11.8 Å². The summed E-state index contributed by atoms with van der Waals surface area (Å²) in [7, 11) is 1.59. The summed E-state index contributed by atoms with van der Waals surface area (Å²) in [4.78, 5) is 5.39. The first kappa shape index (κ1) is 12.3. The van der Waals surface area contributed by atoms with Gasteiger partial charge in [-0.2, -0.15) is 0 Å². The molecule has 0 bridgehead atoms. The second-order valence-electron chi connectivity index (χ2n) is 3.31. The van der Waals surface area contributed by atoms with Gasteiger partial charge < -0.3 is 10.5 Å². The van der Waals surface area contributed by atoms with Gasteiger partial charge in [0, 0.05) is 15.4 Å². The standard InChI is InChI=1S/C12H11BrN2OS/c1-16-11-6-5-10(14)12(15-11)17-9-4-2-3-8(13)7-9/h2-7H,14H2,1H3. The highest BCUT2D eigenvalue weighted by Gasteiger charge is 2.06. The number of aromatic nitrogens is 1. The van der Waals surface area contributed by atoms with Crippen molar-refractivity contribution in [2.45, 2.75) is 9.92 Å². The molecule has 0 aliphatic heterocycles. The Hall–Kier alpha value is -1.20. The molecule has 5 heteroatoms. The highest BCUT2D eigenvalue weighted by Crippen LogP contribution is 2.32. The first-order valence-corrected chi connectivity index (χ1v) is 6.54. The SMILES string of the molecule is COc1ccc(N)c(Sc2cccc(Br)c2)n1. The average Bonchev–Trinajstić information content (AvgIpc) is 2.32. The van der Waals surface area contributed by atoms with Gasteiger partial charge in [0.1, 0.15) is 5.03 Å². The Bertz CT molecular complexity index is 534. The summed E-state index contributed by atoms with van der Waals surface area (Å²) in [5.41, 5.74) is 6.53. The molecule has 0 radical (unpaired) electrons. The van der Waals surface area contributed by atoms with E-state index in [9.17, 15) is 0 Å². The zero-order valence-corrected chi connectivity index (χ0v) is 11.6. The van der Waals surface area contributed by atoms with Crippen LogP contribution in [0.5, 0.6) is 5.88 Å². The summed E-state index contributed by atoms with van der Waals surface area (Å²) in [5, 5.41) is 0.752.